The fraction of sp³-hybridized carbons (Fsp3) is 0.250. The summed E-state index contributed by atoms with van der Waals surface area (Å²) in [5, 5.41) is 12.0. The molecule has 0 fully saturated rings. The number of carbonyl (C=O) groups is 1. The van der Waals surface area contributed by atoms with Crippen molar-refractivity contribution in [2.45, 2.75) is 19.9 Å². The van der Waals surface area contributed by atoms with Gasteiger partial charge in [0.2, 0.25) is 21.1 Å². The summed E-state index contributed by atoms with van der Waals surface area (Å²) in [5.74, 6) is 0.176. The van der Waals surface area contributed by atoms with Crippen LogP contribution in [0.25, 0.3) is 10.6 Å². The Kier molecular flexibility index (Phi) is 6.83. The van der Waals surface area contributed by atoms with Gasteiger partial charge in [-0.1, -0.05) is 29.0 Å². The summed E-state index contributed by atoms with van der Waals surface area (Å²) in [6.45, 7) is 3.25. The summed E-state index contributed by atoms with van der Waals surface area (Å²) < 4.78 is 31.2. The molecule has 3 aromatic rings. The van der Waals surface area contributed by atoms with Crippen molar-refractivity contribution in [3.05, 3.63) is 53.1 Å². The number of aryl methyl sites for hydroxylation is 1. The molecule has 1 unspecified atom stereocenters. The quantitative estimate of drug-likeness (QED) is 0.549. The van der Waals surface area contributed by atoms with Gasteiger partial charge in [0.15, 0.2) is 0 Å². The van der Waals surface area contributed by atoms with Crippen LogP contribution < -0.4 is 14.4 Å². The summed E-state index contributed by atoms with van der Waals surface area (Å²) in [7, 11) is -2.19. The monoisotopic (exact) mass is 480 g/mol. The normalized spacial score (nSPS) is 12.3. The number of hydrogen-bond acceptors (Lipinski definition) is 7. The summed E-state index contributed by atoms with van der Waals surface area (Å²) in [6.07, 6.45) is 1.05. The third-order valence-electron chi connectivity index (χ3n) is 4.49. The highest BCUT2D eigenvalue weighted by Crippen LogP contribution is 2.30. The molecule has 1 amide bonds. The molecule has 1 aromatic heterocycles. The number of sulfonamides is 1. The van der Waals surface area contributed by atoms with Gasteiger partial charge in [-0.25, -0.2) is 8.42 Å². The number of halogens is 1. The summed E-state index contributed by atoms with van der Waals surface area (Å²) >= 11 is 7.24. The summed E-state index contributed by atoms with van der Waals surface area (Å²) in [5.41, 5.74) is 1.83. The number of anilines is 2. The Morgan fingerprint density at radius 2 is 1.87 bits per heavy atom. The number of methoxy groups -OCH3 is 1. The van der Waals surface area contributed by atoms with Gasteiger partial charge in [-0.3, -0.25) is 14.4 Å². The molecule has 31 heavy (non-hydrogen) atoms. The van der Waals surface area contributed by atoms with Gasteiger partial charge in [-0.2, -0.15) is 0 Å². The molecule has 0 spiro atoms. The molecule has 8 nitrogen and oxygen atoms in total. The first-order valence-corrected chi connectivity index (χ1v) is 12.2. The van der Waals surface area contributed by atoms with E-state index in [1.165, 1.54) is 24.3 Å². The fourth-order valence-electron chi connectivity index (χ4n) is 2.93. The van der Waals surface area contributed by atoms with Gasteiger partial charge in [0.05, 0.1) is 19.1 Å². The van der Waals surface area contributed by atoms with E-state index in [4.69, 9.17) is 16.3 Å². The lowest BCUT2D eigenvalue weighted by atomic mass is 10.2. The van der Waals surface area contributed by atoms with E-state index < -0.39 is 22.0 Å². The molecule has 1 N–H and O–H groups in total. The second kappa shape index (κ2) is 9.21. The van der Waals surface area contributed by atoms with Crippen molar-refractivity contribution in [3.8, 4) is 16.3 Å². The van der Waals surface area contributed by atoms with Gasteiger partial charge in [0.25, 0.3) is 0 Å². The molecule has 2 aromatic carbocycles. The third kappa shape index (κ3) is 5.33. The van der Waals surface area contributed by atoms with Crippen LogP contribution in [-0.4, -0.2) is 43.9 Å². The molecule has 1 atom stereocenters. The number of benzene rings is 2. The van der Waals surface area contributed by atoms with Crippen LogP contribution in [0.3, 0.4) is 0 Å². The van der Waals surface area contributed by atoms with Gasteiger partial charge in [0.1, 0.15) is 16.8 Å². The molecule has 0 saturated heterocycles. The van der Waals surface area contributed by atoms with Crippen molar-refractivity contribution < 1.29 is 17.9 Å². The highest BCUT2D eigenvalue weighted by molar-refractivity contribution is 7.92. The minimum atomic E-state index is -3.77. The van der Waals surface area contributed by atoms with Crippen LogP contribution in [-0.2, 0) is 14.8 Å². The Hall–Kier alpha value is -2.69. The zero-order valence-corrected chi connectivity index (χ0v) is 19.7. The fourth-order valence-corrected chi connectivity index (χ4v) is 5.08. The van der Waals surface area contributed by atoms with E-state index in [-0.39, 0.29) is 5.13 Å². The van der Waals surface area contributed by atoms with Crippen molar-refractivity contribution in [1.29, 1.82) is 0 Å². The van der Waals surface area contributed by atoms with Crippen LogP contribution >= 0.6 is 22.9 Å². The minimum Gasteiger partial charge on any atom is -0.497 e. The van der Waals surface area contributed by atoms with Crippen molar-refractivity contribution in [2.24, 2.45) is 0 Å². The first kappa shape index (κ1) is 23.0. The second-order valence-corrected chi connectivity index (χ2v) is 10.1. The highest BCUT2D eigenvalue weighted by atomic mass is 35.5. The average molecular weight is 481 g/mol. The van der Waals surface area contributed by atoms with Crippen molar-refractivity contribution in [3.63, 3.8) is 0 Å². The minimum absolute atomic E-state index is 0.263. The standard InChI is InChI=1S/C20H21ClN4O4S2/c1-12-5-8-15(21)11-17(12)25(31(4,27)28)13(2)18(26)22-20-24-23-19(30-20)14-6-9-16(29-3)10-7-14/h5-11,13H,1-4H3,(H,22,24,26). The second-order valence-electron chi connectivity index (χ2n) is 6.80. The maximum absolute atomic E-state index is 12.9. The van der Waals surface area contributed by atoms with Gasteiger partial charge < -0.3 is 4.74 Å². The lowest BCUT2D eigenvalue weighted by Gasteiger charge is -2.29. The molecule has 0 bridgehead atoms. The van der Waals surface area contributed by atoms with Crippen molar-refractivity contribution in [2.75, 3.05) is 23.0 Å². The molecule has 0 radical (unpaired) electrons. The number of amides is 1. The van der Waals surface area contributed by atoms with E-state index in [1.54, 1.807) is 38.3 Å². The predicted molar refractivity (Wildman–Crippen MR) is 124 cm³/mol. The smallest absolute Gasteiger partial charge is 0.249 e. The predicted octanol–water partition coefficient (Wildman–Crippen LogP) is 3.97. The third-order valence-corrected chi connectivity index (χ3v) is 6.84. The first-order chi connectivity index (χ1) is 14.6. The topological polar surface area (TPSA) is 101 Å². The summed E-state index contributed by atoms with van der Waals surface area (Å²) in [6, 6.07) is 11.1. The van der Waals surface area contributed by atoms with Crippen LogP contribution in [0.15, 0.2) is 42.5 Å². The molecule has 11 heteroatoms. The molecule has 0 aliphatic carbocycles. The molecule has 1 heterocycles. The van der Waals surface area contributed by atoms with Gasteiger partial charge in [-0.15, -0.1) is 10.2 Å². The Labute approximate surface area is 189 Å². The number of hydrogen-bond donors (Lipinski definition) is 1. The number of aromatic nitrogens is 2. The lowest BCUT2D eigenvalue weighted by molar-refractivity contribution is -0.116. The average Bonchev–Trinajstić information content (AvgIpc) is 3.18. The SMILES string of the molecule is COc1ccc(-c2nnc(NC(=O)C(C)N(c3cc(Cl)ccc3C)S(C)(=O)=O)s2)cc1. The van der Waals surface area contributed by atoms with Crippen molar-refractivity contribution >= 4 is 49.7 Å². The Bertz CT molecular complexity index is 1200. The van der Waals surface area contributed by atoms with Crippen molar-refractivity contribution in [1.82, 2.24) is 10.2 Å². The highest BCUT2D eigenvalue weighted by Gasteiger charge is 2.31. The Balaban J connectivity index is 1.83. The van der Waals surface area contributed by atoms with E-state index in [2.05, 4.69) is 15.5 Å². The van der Waals surface area contributed by atoms with Gasteiger partial charge in [0, 0.05) is 10.6 Å². The first-order valence-electron chi connectivity index (χ1n) is 9.14. The van der Waals surface area contributed by atoms with E-state index in [9.17, 15) is 13.2 Å². The Morgan fingerprint density at radius 3 is 2.48 bits per heavy atom. The largest absolute Gasteiger partial charge is 0.497 e. The molecule has 0 aliphatic rings. The van der Waals surface area contributed by atoms with Gasteiger partial charge >= 0.3 is 0 Å². The van der Waals surface area contributed by atoms with Gasteiger partial charge in [-0.05, 0) is 55.8 Å². The van der Waals surface area contributed by atoms with E-state index >= 15 is 0 Å². The number of carbonyl (C=O) groups excluding carboxylic acids is 1. The molecule has 0 saturated carbocycles. The molecule has 0 aliphatic heterocycles. The van der Waals surface area contributed by atoms with Crippen LogP contribution in [0.1, 0.15) is 12.5 Å². The molecule has 3 rings (SSSR count). The molecular weight excluding hydrogens is 460 g/mol. The number of nitrogens with one attached hydrogen (secondary N) is 1. The maximum atomic E-state index is 12.9. The summed E-state index contributed by atoms with van der Waals surface area (Å²) in [4.78, 5) is 12.9. The van der Waals surface area contributed by atoms with Crippen LogP contribution in [0.4, 0.5) is 10.8 Å². The van der Waals surface area contributed by atoms with E-state index in [1.807, 2.05) is 12.1 Å². The number of nitrogens with zero attached hydrogens (tertiary/aromatic N) is 3. The molecular formula is C20H21ClN4O4S2. The van der Waals surface area contributed by atoms with E-state index in [0.717, 1.165) is 16.1 Å². The molecule has 164 valence electrons. The number of rotatable bonds is 7. The maximum Gasteiger partial charge on any atom is 0.249 e. The van der Waals surface area contributed by atoms with Crippen LogP contribution in [0, 0.1) is 6.92 Å². The van der Waals surface area contributed by atoms with Crippen LogP contribution in [0.2, 0.25) is 5.02 Å². The zero-order valence-electron chi connectivity index (χ0n) is 17.3. The lowest BCUT2D eigenvalue weighted by Crippen LogP contribution is -2.45. The van der Waals surface area contributed by atoms with E-state index in [0.29, 0.717) is 27.0 Å². The number of ether oxygens (including phenoxy) is 1. The van der Waals surface area contributed by atoms with Crippen LogP contribution in [0.5, 0.6) is 5.75 Å². The zero-order chi connectivity index (χ0) is 22.8. The Morgan fingerprint density at radius 1 is 1.19 bits per heavy atom.